The third-order valence-electron chi connectivity index (χ3n) is 3.27. The van der Waals surface area contributed by atoms with Crippen molar-refractivity contribution in [2.45, 2.75) is 51.5 Å². The van der Waals surface area contributed by atoms with Crippen molar-refractivity contribution >= 4 is 5.97 Å². The molecule has 14 heavy (non-hydrogen) atoms. The smallest absolute Gasteiger partial charge is 0.311 e. The number of unbranched alkanes of at least 4 members (excludes halogenated alkanes) is 1. The predicted octanol–water partition coefficient (Wildman–Crippen LogP) is 1.85. The fourth-order valence-electron chi connectivity index (χ4n) is 2.41. The lowest BCUT2D eigenvalue weighted by atomic mass is 9.81. The van der Waals surface area contributed by atoms with Gasteiger partial charge in [-0.1, -0.05) is 19.8 Å². The summed E-state index contributed by atoms with van der Waals surface area (Å²) in [5, 5.41) is 0. The summed E-state index contributed by atoms with van der Waals surface area (Å²) >= 11 is 0. The molecule has 0 aromatic rings. The van der Waals surface area contributed by atoms with E-state index in [2.05, 4.69) is 6.92 Å². The lowest BCUT2D eigenvalue weighted by Crippen LogP contribution is -2.31. The number of carbonyl (C=O) groups is 1. The molecule has 1 saturated carbocycles. The molecule has 0 aromatic carbocycles. The molecule has 3 heteroatoms. The van der Waals surface area contributed by atoms with Crippen LogP contribution in [0.15, 0.2) is 0 Å². The zero-order valence-corrected chi connectivity index (χ0v) is 9.21. The minimum absolute atomic E-state index is 0.0566. The zero-order valence-electron chi connectivity index (χ0n) is 9.21. The van der Waals surface area contributed by atoms with Crippen LogP contribution in [0.25, 0.3) is 0 Å². The molecule has 0 heterocycles. The second kappa shape index (κ2) is 4.78. The van der Waals surface area contributed by atoms with E-state index < -0.39 is 0 Å². The summed E-state index contributed by atoms with van der Waals surface area (Å²) in [4.78, 5) is 11.7. The molecule has 0 radical (unpaired) electrons. The highest BCUT2D eigenvalue weighted by Crippen LogP contribution is 2.42. The van der Waals surface area contributed by atoms with E-state index in [0.717, 1.165) is 38.5 Å². The zero-order chi connectivity index (χ0) is 10.6. The van der Waals surface area contributed by atoms with Gasteiger partial charge in [-0.3, -0.25) is 4.79 Å². The van der Waals surface area contributed by atoms with Crippen molar-refractivity contribution in [3.8, 4) is 0 Å². The van der Waals surface area contributed by atoms with Gasteiger partial charge in [0.1, 0.15) is 0 Å². The molecule has 0 saturated heterocycles. The van der Waals surface area contributed by atoms with Gasteiger partial charge in [0.15, 0.2) is 0 Å². The number of ether oxygens (including phenoxy) is 1. The van der Waals surface area contributed by atoms with Gasteiger partial charge in [-0.15, -0.1) is 0 Å². The summed E-state index contributed by atoms with van der Waals surface area (Å²) in [5.41, 5.74) is 5.61. The lowest BCUT2D eigenvalue weighted by molar-refractivity contribution is -0.153. The third kappa shape index (κ3) is 2.27. The maximum absolute atomic E-state index is 11.7. The number of methoxy groups -OCH3 is 1. The van der Waals surface area contributed by atoms with Crippen molar-refractivity contribution in [2.75, 3.05) is 7.11 Å². The Balaban J connectivity index is 2.65. The highest BCUT2D eigenvalue weighted by Gasteiger charge is 2.44. The normalized spacial score (nSPS) is 31.8. The molecule has 2 unspecified atom stereocenters. The van der Waals surface area contributed by atoms with Crippen molar-refractivity contribution in [1.29, 1.82) is 0 Å². The number of rotatable bonds is 4. The van der Waals surface area contributed by atoms with Gasteiger partial charge in [0, 0.05) is 6.04 Å². The van der Waals surface area contributed by atoms with E-state index in [-0.39, 0.29) is 17.4 Å². The SMILES string of the molecule is CCCCC1(C(=O)OC)CCC(N)C1. The number of hydrogen-bond donors (Lipinski definition) is 1. The Morgan fingerprint density at radius 2 is 2.36 bits per heavy atom. The molecule has 0 aliphatic heterocycles. The van der Waals surface area contributed by atoms with Crippen LogP contribution >= 0.6 is 0 Å². The van der Waals surface area contributed by atoms with Crippen molar-refractivity contribution in [3.63, 3.8) is 0 Å². The summed E-state index contributed by atoms with van der Waals surface area (Å²) in [5.74, 6) is -0.0566. The molecule has 0 aromatic heterocycles. The summed E-state index contributed by atoms with van der Waals surface area (Å²) in [6, 6.07) is 0.186. The van der Waals surface area contributed by atoms with Gasteiger partial charge in [0.25, 0.3) is 0 Å². The summed E-state index contributed by atoms with van der Waals surface area (Å²) in [7, 11) is 1.47. The molecular formula is C11H21NO2. The van der Waals surface area contributed by atoms with Gasteiger partial charge in [0.2, 0.25) is 0 Å². The molecule has 1 rings (SSSR count). The molecule has 0 spiro atoms. The fraction of sp³-hybridized carbons (Fsp3) is 0.909. The highest BCUT2D eigenvalue weighted by atomic mass is 16.5. The average molecular weight is 199 g/mol. The molecule has 2 atom stereocenters. The molecular weight excluding hydrogens is 178 g/mol. The Bertz CT molecular complexity index is 205. The van der Waals surface area contributed by atoms with Crippen molar-refractivity contribution in [3.05, 3.63) is 0 Å². The third-order valence-corrected chi connectivity index (χ3v) is 3.27. The highest BCUT2D eigenvalue weighted by molar-refractivity contribution is 5.77. The first kappa shape index (κ1) is 11.5. The largest absolute Gasteiger partial charge is 0.469 e. The van der Waals surface area contributed by atoms with E-state index in [1.807, 2.05) is 0 Å². The molecule has 3 nitrogen and oxygen atoms in total. The van der Waals surface area contributed by atoms with Gasteiger partial charge in [-0.25, -0.2) is 0 Å². The van der Waals surface area contributed by atoms with E-state index in [1.54, 1.807) is 0 Å². The summed E-state index contributed by atoms with van der Waals surface area (Å²) in [6.07, 6.45) is 5.80. The number of carbonyl (C=O) groups excluding carboxylic acids is 1. The first-order valence-corrected chi connectivity index (χ1v) is 5.48. The van der Waals surface area contributed by atoms with E-state index >= 15 is 0 Å². The van der Waals surface area contributed by atoms with Crippen LogP contribution in [-0.2, 0) is 9.53 Å². The van der Waals surface area contributed by atoms with Crippen LogP contribution in [-0.4, -0.2) is 19.1 Å². The van der Waals surface area contributed by atoms with Gasteiger partial charge in [-0.2, -0.15) is 0 Å². The van der Waals surface area contributed by atoms with Gasteiger partial charge in [-0.05, 0) is 25.7 Å². The molecule has 1 fully saturated rings. The topological polar surface area (TPSA) is 52.3 Å². The molecule has 1 aliphatic rings. The molecule has 82 valence electrons. The van der Waals surface area contributed by atoms with Crippen molar-refractivity contribution < 1.29 is 9.53 Å². The van der Waals surface area contributed by atoms with Crippen LogP contribution in [0.2, 0.25) is 0 Å². The van der Waals surface area contributed by atoms with Crippen LogP contribution in [0.5, 0.6) is 0 Å². The van der Waals surface area contributed by atoms with Gasteiger partial charge >= 0.3 is 5.97 Å². The van der Waals surface area contributed by atoms with Crippen molar-refractivity contribution in [2.24, 2.45) is 11.1 Å². The molecule has 1 aliphatic carbocycles. The predicted molar refractivity (Wildman–Crippen MR) is 55.8 cm³/mol. The Morgan fingerprint density at radius 1 is 1.64 bits per heavy atom. The lowest BCUT2D eigenvalue weighted by Gasteiger charge is -2.25. The monoisotopic (exact) mass is 199 g/mol. The van der Waals surface area contributed by atoms with E-state index in [1.165, 1.54) is 7.11 Å². The maximum atomic E-state index is 11.7. The Kier molecular flexibility index (Phi) is 3.93. The number of hydrogen-bond acceptors (Lipinski definition) is 3. The first-order chi connectivity index (χ1) is 6.64. The molecule has 0 bridgehead atoms. The maximum Gasteiger partial charge on any atom is 0.311 e. The second-order valence-electron chi connectivity index (χ2n) is 4.38. The molecule has 2 N–H and O–H groups in total. The van der Waals surface area contributed by atoms with E-state index in [9.17, 15) is 4.79 Å². The fourth-order valence-corrected chi connectivity index (χ4v) is 2.41. The Hall–Kier alpha value is -0.570. The Morgan fingerprint density at radius 3 is 2.79 bits per heavy atom. The summed E-state index contributed by atoms with van der Waals surface area (Å²) in [6.45, 7) is 2.14. The van der Waals surface area contributed by atoms with Crippen LogP contribution in [0, 0.1) is 5.41 Å². The standard InChI is InChI=1S/C11H21NO2/c1-3-4-6-11(10(13)14-2)7-5-9(12)8-11/h9H,3-8,12H2,1-2H3. The van der Waals surface area contributed by atoms with E-state index in [4.69, 9.17) is 10.5 Å². The van der Waals surface area contributed by atoms with Crippen LogP contribution < -0.4 is 5.73 Å². The summed E-state index contributed by atoms with van der Waals surface area (Å²) < 4.78 is 4.89. The van der Waals surface area contributed by atoms with Gasteiger partial charge < -0.3 is 10.5 Å². The van der Waals surface area contributed by atoms with Crippen LogP contribution in [0.4, 0.5) is 0 Å². The number of nitrogens with two attached hydrogens (primary N) is 1. The van der Waals surface area contributed by atoms with Gasteiger partial charge in [0.05, 0.1) is 12.5 Å². The van der Waals surface area contributed by atoms with Crippen molar-refractivity contribution in [1.82, 2.24) is 0 Å². The second-order valence-corrected chi connectivity index (χ2v) is 4.38. The van der Waals surface area contributed by atoms with Crippen LogP contribution in [0.3, 0.4) is 0 Å². The Labute approximate surface area is 86.0 Å². The number of esters is 1. The van der Waals surface area contributed by atoms with E-state index in [0.29, 0.717) is 0 Å². The minimum Gasteiger partial charge on any atom is -0.469 e. The minimum atomic E-state index is -0.260. The van der Waals surface area contributed by atoms with Crippen LogP contribution in [0.1, 0.15) is 45.4 Å². The quantitative estimate of drug-likeness (QED) is 0.703. The first-order valence-electron chi connectivity index (χ1n) is 5.48. The molecule has 0 amide bonds. The average Bonchev–Trinajstić information content (AvgIpc) is 2.57.